The fourth-order valence-electron chi connectivity index (χ4n) is 1.17. The molecule has 0 radical (unpaired) electrons. The Morgan fingerprint density at radius 2 is 2.50 bits per heavy atom. The molecule has 2 rings (SSSR count). The third kappa shape index (κ3) is 0.869. The van der Waals surface area contributed by atoms with Gasteiger partial charge in [-0.15, -0.1) is 0 Å². The van der Waals surface area contributed by atoms with Crippen molar-refractivity contribution >= 4 is 11.8 Å². The van der Waals surface area contributed by atoms with E-state index in [2.05, 4.69) is 17.1 Å². The summed E-state index contributed by atoms with van der Waals surface area (Å²) in [5.74, 6) is 1.38. The summed E-state index contributed by atoms with van der Waals surface area (Å²) >= 11 is 2.15. The van der Waals surface area contributed by atoms with Crippen LogP contribution in [0, 0.1) is 0 Å². The number of nitrogens with one attached hydrogen (secondary N) is 1. The number of rotatable bonds is 0. The molecule has 2 heteroatoms. The largest absolute Gasteiger partial charge is 0.313 e. The highest BCUT2D eigenvalue weighted by Gasteiger charge is 2.37. The molecule has 2 unspecified atom stereocenters. The van der Waals surface area contributed by atoms with Gasteiger partial charge in [-0.25, -0.2) is 0 Å². The van der Waals surface area contributed by atoms with Gasteiger partial charge in [0, 0.05) is 11.3 Å². The molecule has 2 aliphatic rings. The average molecular weight is 129 g/mol. The summed E-state index contributed by atoms with van der Waals surface area (Å²) in [7, 11) is 0. The molecule has 2 fully saturated rings. The van der Waals surface area contributed by atoms with Crippen molar-refractivity contribution in [1.82, 2.24) is 5.32 Å². The lowest BCUT2D eigenvalue weighted by atomic mass is 10.5. The molecule has 0 aromatic carbocycles. The van der Waals surface area contributed by atoms with Gasteiger partial charge in [-0.05, 0) is 25.1 Å². The van der Waals surface area contributed by atoms with Gasteiger partial charge in [0.15, 0.2) is 0 Å². The Bertz CT molecular complexity index is 84.5. The molecule has 1 aliphatic heterocycles. The van der Waals surface area contributed by atoms with Gasteiger partial charge in [0.2, 0.25) is 0 Å². The lowest BCUT2D eigenvalue weighted by molar-refractivity contribution is 0.684. The molecule has 1 saturated carbocycles. The summed E-state index contributed by atoms with van der Waals surface area (Å²) in [4.78, 5) is 0. The van der Waals surface area contributed by atoms with E-state index in [0.29, 0.717) is 0 Å². The van der Waals surface area contributed by atoms with Gasteiger partial charge in [-0.3, -0.25) is 0 Å². The fraction of sp³-hybridized carbons (Fsp3) is 1.00. The minimum atomic E-state index is 0.905. The Balaban J connectivity index is 1.89. The van der Waals surface area contributed by atoms with E-state index in [1.165, 1.54) is 25.1 Å². The molecule has 8 heavy (non-hydrogen) atoms. The summed E-state index contributed by atoms with van der Waals surface area (Å²) < 4.78 is 0. The second-order valence-electron chi connectivity index (χ2n) is 2.56. The summed E-state index contributed by atoms with van der Waals surface area (Å²) in [5.41, 5.74) is 0. The van der Waals surface area contributed by atoms with Crippen LogP contribution in [-0.4, -0.2) is 23.6 Å². The first-order valence-electron chi connectivity index (χ1n) is 3.32. The van der Waals surface area contributed by atoms with Gasteiger partial charge >= 0.3 is 0 Å². The Labute approximate surface area is 54.2 Å². The number of hydrogen-bond acceptors (Lipinski definition) is 2. The molecular formula is C6H11NS. The SMILES string of the molecule is C1CNC2CC2SC1. The van der Waals surface area contributed by atoms with E-state index in [4.69, 9.17) is 0 Å². The van der Waals surface area contributed by atoms with Crippen LogP contribution < -0.4 is 5.32 Å². The topological polar surface area (TPSA) is 12.0 Å². The molecule has 0 aromatic heterocycles. The van der Waals surface area contributed by atoms with Crippen molar-refractivity contribution in [3.63, 3.8) is 0 Å². The van der Waals surface area contributed by atoms with Crippen LogP contribution in [-0.2, 0) is 0 Å². The molecule has 2 atom stereocenters. The van der Waals surface area contributed by atoms with E-state index in [0.717, 1.165) is 11.3 Å². The Morgan fingerprint density at radius 1 is 1.50 bits per heavy atom. The van der Waals surface area contributed by atoms with Gasteiger partial charge in [-0.2, -0.15) is 11.8 Å². The van der Waals surface area contributed by atoms with Crippen molar-refractivity contribution in [2.75, 3.05) is 12.3 Å². The van der Waals surface area contributed by atoms with Crippen molar-refractivity contribution in [2.24, 2.45) is 0 Å². The maximum atomic E-state index is 3.50. The van der Waals surface area contributed by atoms with Crippen LogP contribution in [0.3, 0.4) is 0 Å². The minimum absolute atomic E-state index is 0.905. The Hall–Kier alpha value is 0.310. The van der Waals surface area contributed by atoms with Crippen LogP contribution in [0.4, 0.5) is 0 Å². The monoisotopic (exact) mass is 129 g/mol. The molecule has 1 N–H and O–H groups in total. The summed E-state index contributed by atoms with van der Waals surface area (Å²) in [6.07, 6.45) is 2.81. The predicted molar refractivity (Wildman–Crippen MR) is 37.3 cm³/mol. The molecule has 1 saturated heterocycles. The van der Waals surface area contributed by atoms with Crippen LogP contribution >= 0.6 is 11.8 Å². The first-order valence-corrected chi connectivity index (χ1v) is 4.37. The lowest BCUT2D eigenvalue weighted by Gasteiger charge is -1.94. The molecule has 46 valence electrons. The van der Waals surface area contributed by atoms with E-state index >= 15 is 0 Å². The predicted octanol–water partition coefficient (Wildman–Crippen LogP) is 0.854. The first kappa shape index (κ1) is 5.12. The molecule has 0 bridgehead atoms. The van der Waals surface area contributed by atoms with E-state index in [1.54, 1.807) is 0 Å². The zero-order valence-electron chi connectivity index (χ0n) is 4.89. The normalized spacial score (nSPS) is 45.0. The van der Waals surface area contributed by atoms with E-state index in [1.807, 2.05) is 0 Å². The summed E-state index contributed by atoms with van der Waals surface area (Å²) in [6.45, 7) is 1.26. The average Bonchev–Trinajstić information content (AvgIpc) is 2.36. The van der Waals surface area contributed by atoms with Crippen molar-refractivity contribution < 1.29 is 0 Å². The third-order valence-corrected chi connectivity index (χ3v) is 3.26. The van der Waals surface area contributed by atoms with Gasteiger partial charge < -0.3 is 5.32 Å². The summed E-state index contributed by atoms with van der Waals surface area (Å²) in [5, 5.41) is 4.50. The maximum absolute atomic E-state index is 3.50. The van der Waals surface area contributed by atoms with Gasteiger partial charge in [0.05, 0.1) is 0 Å². The maximum Gasteiger partial charge on any atom is 0.0216 e. The van der Waals surface area contributed by atoms with E-state index < -0.39 is 0 Å². The van der Waals surface area contributed by atoms with Crippen molar-refractivity contribution in [1.29, 1.82) is 0 Å². The molecule has 0 aromatic rings. The zero-order valence-corrected chi connectivity index (χ0v) is 5.71. The van der Waals surface area contributed by atoms with Gasteiger partial charge in [0.25, 0.3) is 0 Å². The number of fused-ring (bicyclic) bond motifs is 1. The number of hydrogen-bond donors (Lipinski definition) is 1. The smallest absolute Gasteiger partial charge is 0.0216 e. The van der Waals surface area contributed by atoms with Crippen LogP contribution in [0.2, 0.25) is 0 Å². The Morgan fingerprint density at radius 3 is 3.50 bits per heavy atom. The van der Waals surface area contributed by atoms with Gasteiger partial charge in [-0.1, -0.05) is 0 Å². The molecule has 1 heterocycles. The van der Waals surface area contributed by atoms with Crippen LogP contribution in [0.25, 0.3) is 0 Å². The Kier molecular flexibility index (Phi) is 1.23. The summed E-state index contributed by atoms with van der Waals surface area (Å²) in [6, 6.07) is 0.905. The quantitative estimate of drug-likeness (QED) is 0.520. The van der Waals surface area contributed by atoms with Crippen molar-refractivity contribution in [3.05, 3.63) is 0 Å². The highest BCUT2D eigenvalue weighted by Crippen LogP contribution is 2.36. The highest BCUT2D eigenvalue weighted by molar-refractivity contribution is 8.00. The fourth-order valence-corrected chi connectivity index (χ4v) is 2.45. The van der Waals surface area contributed by atoms with Crippen LogP contribution in [0.5, 0.6) is 0 Å². The molecule has 1 aliphatic carbocycles. The van der Waals surface area contributed by atoms with Crippen LogP contribution in [0.15, 0.2) is 0 Å². The second kappa shape index (κ2) is 1.92. The second-order valence-corrected chi connectivity index (χ2v) is 3.91. The van der Waals surface area contributed by atoms with Crippen molar-refractivity contribution in [3.8, 4) is 0 Å². The molecule has 0 spiro atoms. The first-order chi connectivity index (χ1) is 3.97. The van der Waals surface area contributed by atoms with Crippen LogP contribution in [0.1, 0.15) is 12.8 Å². The molecule has 1 nitrogen and oxygen atoms in total. The number of thioether (sulfide) groups is 1. The van der Waals surface area contributed by atoms with Gasteiger partial charge in [0.1, 0.15) is 0 Å². The van der Waals surface area contributed by atoms with E-state index in [9.17, 15) is 0 Å². The highest BCUT2D eigenvalue weighted by atomic mass is 32.2. The van der Waals surface area contributed by atoms with Crippen molar-refractivity contribution in [2.45, 2.75) is 24.1 Å². The third-order valence-electron chi connectivity index (χ3n) is 1.79. The standard InChI is InChI=1S/C6H11NS/c1-2-7-5-4-6(5)8-3-1/h5-7H,1-4H2. The lowest BCUT2D eigenvalue weighted by Crippen LogP contribution is -2.17. The zero-order chi connectivity index (χ0) is 5.40. The minimum Gasteiger partial charge on any atom is -0.313 e. The van der Waals surface area contributed by atoms with E-state index in [-0.39, 0.29) is 0 Å². The molecular weight excluding hydrogens is 118 g/mol. The molecule has 0 amide bonds.